The van der Waals surface area contributed by atoms with Crippen LogP contribution in [0.15, 0.2) is 41.2 Å². The van der Waals surface area contributed by atoms with Gasteiger partial charge in [-0.25, -0.2) is 0 Å². The number of fused-ring (bicyclic) bond motifs is 1. The monoisotopic (exact) mass is 302 g/mol. The summed E-state index contributed by atoms with van der Waals surface area (Å²) in [6.07, 6.45) is 1.81. The maximum atomic E-state index is 6.21. The van der Waals surface area contributed by atoms with Gasteiger partial charge in [0.05, 0.1) is 5.52 Å². The van der Waals surface area contributed by atoms with Gasteiger partial charge in [-0.15, -0.1) is 0 Å². The molecule has 0 aliphatic carbocycles. The third-order valence-corrected chi connectivity index (χ3v) is 4.63. The highest BCUT2D eigenvalue weighted by Crippen LogP contribution is 2.24. The summed E-state index contributed by atoms with van der Waals surface area (Å²) in [5.41, 5.74) is 4.87. The van der Waals surface area contributed by atoms with Crippen molar-refractivity contribution < 1.29 is 0 Å². The van der Waals surface area contributed by atoms with Crippen molar-refractivity contribution in [2.45, 2.75) is 20.0 Å². The molecule has 1 aromatic carbocycles. The van der Waals surface area contributed by atoms with Crippen molar-refractivity contribution in [1.29, 1.82) is 0 Å². The van der Waals surface area contributed by atoms with Crippen molar-refractivity contribution in [1.82, 2.24) is 10.3 Å². The highest BCUT2D eigenvalue weighted by Gasteiger charge is 2.06. The zero-order valence-corrected chi connectivity index (χ0v) is 12.8. The molecule has 1 N–H and O–H groups in total. The Morgan fingerprint density at radius 2 is 2.00 bits per heavy atom. The normalized spacial score (nSPS) is 11.1. The van der Waals surface area contributed by atoms with Crippen molar-refractivity contribution in [3.63, 3.8) is 0 Å². The van der Waals surface area contributed by atoms with E-state index in [1.54, 1.807) is 11.3 Å². The van der Waals surface area contributed by atoms with Crippen LogP contribution in [0.4, 0.5) is 0 Å². The molecule has 0 atom stereocenters. The lowest BCUT2D eigenvalue weighted by Gasteiger charge is -2.08. The van der Waals surface area contributed by atoms with Gasteiger partial charge in [-0.2, -0.15) is 11.3 Å². The average molecular weight is 303 g/mol. The van der Waals surface area contributed by atoms with E-state index in [2.05, 4.69) is 28.0 Å². The second kappa shape index (κ2) is 5.92. The number of pyridine rings is 1. The first-order valence-corrected chi connectivity index (χ1v) is 7.82. The standard InChI is InChI=1S/C16H15ClN2S/c1-11-9-20-10-13(11)8-18-7-12-4-5-15(17)14-3-2-6-19-16(12)14/h2-6,9-10,18H,7-8H2,1H3. The SMILES string of the molecule is Cc1cscc1CNCc1ccc(Cl)c2cccnc12. The fraction of sp³-hybridized carbons (Fsp3) is 0.188. The summed E-state index contributed by atoms with van der Waals surface area (Å²) in [5.74, 6) is 0. The minimum atomic E-state index is 0.755. The third-order valence-electron chi connectivity index (χ3n) is 3.39. The van der Waals surface area contributed by atoms with Crippen molar-refractivity contribution in [3.8, 4) is 0 Å². The summed E-state index contributed by atoms with van der Waals surface area (Å²) in [7, 11) is 0. The van der Waals surface area contributed by atoms with Crippen LogP contribution in [0.3, 0.4) is 0 Å². The molecule has 0 aliphatic heterocycles. The van der Waals surface area contributed by atoms with Gasteiger partial charge in [0.1, 0.15) is 0 Å². The topological polar surface area (TPSA) is 24.9 Å². The van der Waals surface area contributed by atoms with Gasteiger partial charge in [0.15, 0.2) is 0 Å². The Kier molecular flexibility index (Phi) is 4.01. The summed E-state index contributed by atoms with van der Waals surface area (Å²) in [4.78, 5) is 4.45. The lowest BCUT2D eigenvalue weighted by atomic mass is 10.1. The number of hydrogen-bond donors (Lipinski definition) is 1. The second-order valence-corrected chi connectivity index (χ2v) is 5.94. The van der Waals surface area contributed by atoms with Crippen LogP contribution >= 0.6 is 22.9 Å². The number of halogens is 1. The van der Waals surface area contributed by atoms with E-state index in [0.717, 1.165) is 29.0 Å². The van der Waals surface area contributed by atoms with E-state index in [0.29, 0.717) is 0 Å². The quantitative estimate of drug-likeness (QED) is 0.765. The Hall–Kier alpha value is -1.42. The van der Waals surface area contributed by atoms with Gasteiger partial charge in [-0.05, 0) is 52.6 Å². The number of thiophene rings is 1. The number of nitrogens with one attached hydrogen (secondary N) is 1. The molecule has 3 rings (SSSR count). The lowest BCUT2D eigenvalue weighted by Crippen LogP contribution is -2.13. The molecule has 0 spiro atoms. The minimum Gasteiger partial charge on any atom is -0.308 e. The van der Waals surface area contributed by atoms with Crippen LogP contribution in [0.2, 0.25) is 5.02 Å². The van der Waals surface area contributed by atoms with Crippen molar-refractivity contribution in [2.24, 2.45) is 0 Å². The number of benzene rings is 1. The first-order chi connectivity index (χ1) is 9.75. The van der Waals surface area contributed by atoms with Crippen LogP contribution in [0.25, 0.3) is 10.9 Å². The van der Waals surface area contributed by atoms with E-state index in [1.165, 1.54) is 16.7 Å². The molecule has 2 aromatic heterocycles. The van der Waals surface area contributed by atoms with Gasteiger partial charge in [0.2, 0.25) is 0 Å². The maximum absolute atomic E-state index is 6.21. The van der Waals surface area contributed by atoms with E-state index in [1.807, 2.05) is 30.5 Å². The average Bonchev–Trinajstić information content (AvgIpc) is 2.87. The van der Waals surface area contributed by atoms with E-state index >= 15 is 0 Å². The van der Waals surface area contributed by atoms with E-state index < -0.39 is 0 Å². The molecular weight excluding hydrogens is 288 g/mol. The Bertz CT molecular complexity index is 736. The molecule has 0 fully saturated rings. The van der Waals surface area contributed by atoms with Crippen LogP contribution in [-0.2, 0) is 13.1 Å². The Labute approximate surface area is 127 Å². The molecule has 0 amide bonds. The van der Waals surface area contributed by atoms with Gasteiger partial charge in [0.25, 0.3) is 0 Å². The highest BCUT2D eigenvalue weighted by atomic mass is 35.5. The van der Waals surface area contributed by atoms with Crippen LogP contribution in [-0.4, -0.2) is 4.98 Å². The van der Waals surface area contributed by atoms with Crippen molar-refractivity contribution in [3.05, 3.63) is 62.9 Å². The van der Waals surface area contributed by atoms with Gasteiger partial charge in [0, 0.05) is 29.7 Å². The van der Waals surface area contributed by atoms with Gasteiger partial charge in [-0.3, -0.25) is 4.98 Å². The Morgan fingerprint density at radius 1 is 1.15 bits per heavy atom. The third kappa shape index (κ3) is 2.70. The van der Waals surface area contributed by atoms with Gasteiger partial charge >= 0.3 is 0 Å². The largest absolute Gasteiger partial charge is 0.308 e. The molecule has 4 heteroatoms. The first-order valence-electron chi connectivity index (χ1n) is 6.50. The molecule has 0 saturated carbocycles. The second-order valence-electron chi connectivity index (χ2n) is 4.79. The van der Waals surface area contributed by atoms with E-state index in [4.69, 9.17) is 11.6 Å². The fourth-order valence-electron chi connectivity index (χ4n) is 2.24. The minimum absolute atomic E-state index is 0.755. The molecule has 0 radical (unpaired) electrons. The number of nitrogens with zero attached hydrogens (tertiary/aromatic N) is 1. The summed E-state index contributed by atoms with van der Waals surface area (Å²) in [6.45, 7) is 3.82. The molecule has 2 nitrogen and oxygen atoms in total. The van der Waals surface area contributed by atoms with Gasteiger partial charge < -0.3 is 5.32 Å². The van der Waals surface area contributed by atoms with Gasteiger partial charge in [-0.1, -0.05) is 17.7 Å². The number of hydrogen-bond acceptors (Lipinski definition) is 3. The van der Waals surface area contributed by atoms with Crippen LogP contribution < -0.4 is 5.32 Å². The van der Waals surface area contributed by atoms with Crippen molar-refractivity contribution in [2.75, 3.05) is 0 Å². The lowest BCUT2D eigenvalue weighted by molar-refractivity contribution is 0.695. The molecule has 0 aliphatic rings. The van der Waals surface area contributed by atoms with E-state index in [9.17, 15) is 0 Å². The van der Waals surface area contributed by atoms with Crippen molar-refractivity contribution >= 4 is 33.8 Å². The Morgan fingerprint density at radius 3 is 2.80 bits per heavy atom. The first kappa shape index (κ1) is 13.6. The molecule has 0 bridgehead atoms. The number of rotatable bonds is 4. The predicted molar refractivity (Wildman–Crippen MR) is 86.4 cm³/mol. The number of aromatic nitrogens is 1. The predicted octanol–water partition coefficient (Wildman–Crippen LogP) is 4.55. The molecular formula is C16H15ClN2S. The molecule has 2 heterocycles. The zero-order valence-electron chi connectivity index (χ0n) is 11.2. The highest BCUT2D eigenvalue weighted by molar-refractivity contribution is 7.08. The van der Waals surface area contributed by atoms with Crippen LogP contribution in [0, 0.1) is 6.92 Å². The molecule has 20 heavy (non-hydrogen) atoms. The smallest absolute Gasteiger partial charge is 0.0761 e. The zero-order chi connectivity index (χ0) is 13.9. The molecule has 3 aromatic rings. The summed E-state index contributed by atoms with van der Waals surface area (Å²) < 4.78 is 0. The summed E-state index contributed by atoms with van der Waals surface area (Å²) in [5, 5.41) is 9.62. The molecule has 0 unspecified atom stereocenters. The fourth-order valence-corrected chi connectivity index (χ4v) is 3.31. The molecule has 102 valence electrons. The summed E-state index contributed by atoms with van der Waals surface area (Å²) in [6, 6.07) is 7.92. The summed E-state index contributed by atoms with van der Waals surface area (Å²) >= 11 is 7.95. The van der Waals surface area contributed by atoms with E-state index in [-0.39, 0.29) is 0 Å². The number of aryl methyl sites for hydroxylation is 1. The maximum Gasteiger partial charge on any atom is 0.0761 e. The molecule has 0 saturated heterocycles. The van der Waals surface area contributed by atoms with Crippen LogP contribution in [0.5, 0.6) is 0 Å². The Balaban J connectivity index is 1.78. The van der Waals surface area contributed by atoms with Crippen LogP contribution in [0.1, 0.15) is 16.7 Å².